The van der Waals surface area contributed by atoms with Crippen molar-refractivity contribution in [3.63, 3.8) is 0 Å². The van der Waals surface area contributed by atoms with Crippen LogP contribution in [0, 0.1) is 0 Å². The van der Waals surface area contributed by atoms with E-state index in [9.17, 15) is 0 Å². The van der Waals surface area contributed by atoms with Crippen molar-refractivity contribution in [3.8, 4) is 0 Å². The third-order valence-corrected chi connectivity index (χ3v) is 5.93. The first-order valence-electron chi connectivity index (χ1n) is 11.1. The van der Waals surface area contributed by atoms with Gasteiger partial charge < -0.3 is 24.6 Å². The van der Waals surface area contributed by atoms with Gasteiger partial charge in [-0.25, -0.2) is 0 Å². The highest BCUT2D eigenvalue weighted by atomic mass is 127. The number of rotatable bonds is 9. The summed E-state index contributed by atoms with van der Waals surface area (Å²) in [6.45, 7) is 13.1. The van der Waals surface area contributed by atoms with Gasteiger partial charge in [0.15, 0.2) is 5.96 Å². The minimum atomic E-state index is 0. The molecule has 2 heterocycles. The number of likely N-dealkylation sites (tertiary alicyclic amines) is 1. The first-order chi connectivity index (χ1) is 13.1. The molecule has 0 aromatic carbocycles. The summed E-state index contributed by atoms with van der Waals surface area (Å²) in [5.41, 5.74) is 0. The molecule has 2 aliphatic rings. The number of halogens is 1. The van der Waals surface area contributed by atoms with Crippen LogP contribution < -0.4 is 5.32 Å². The molecule has 28 heavy (non-hydrogen) atoms. The molecule has 166 valence electrons. The molecule has 0 spiro atoms. The predicted octanol–water partition coefficient (Wildman–Crippen LogP) is 3.35. The van der Waals surface area contributed by atoms with E-state index in [-0.39, 0.29) is 24.0 Å². The topological polar surface area (TPSA) is 49.3 Å². The van der Waals surface area contributed by atoms with Gasteiger partial charge in [-0.1, -0.05) is 6.92 Å². The van der Waals surface area contributed by atoms with Crippen molar-refractivity contribution in [1.29, 1.82) is 0 Å². The number of hydrogen-bond acceptors (Lipinski definition) is 4. The summed E-state index contributed by atoms with van der Waals surface area (Å²) >= 11 is 0. The summed E-state index contributed by atoms with van der Waals surface area (Å²) in [5.74, 6) is 1.06. The molecule has 0 radical (unpaired) electrons. The highest BCUT2D eigenvalue weighted by Gasteiger charge is 2.23. The first-order valence-corrected chi connectivity index (χ1v) is 11.1. The van der Waals surface area contributed by atoms with E-state index in [2.05, 4.69) is 42.9 Å². The van der Waals surface area contributed by atoms with E-state index in [1.807, 2.05) is 0 Å². The summed E-state index contributed by atoms with van der Waals surface area (Å²) in [7, 11) is 2.19. The van der Waals surface area contributed by atoms with Gasteiger partial charge >= 0.3 is 0 Å². The van der Waals surface area contributed by atoms with E-state index in [0.29, 0.717) is 18.2 Å². The van der Waals surface area contributed by atoms with Crippen LogP contribution in [0.2, 0.25) is 0 Å². The second kappa shape index (κ2) is 14.8. The lowest BCUT2D eigenvalue weighted by atomic mass is 10.1. The van der Waals surface area contributed by atoms with E-state index < -0.39 is 0 Å². The monoisotopic (exact) mass is 510 g/mol. The Morgan fingerprint density at radius 2 is 2.00 bits per heavy atom. The third kappa shape index (κ3) is 9.13. The third-order valence-electron chi connectivity index (χ3n) is 5.93. The minimum Gasteiger partial charge on any atom is -0.376 e. The number of nitrogens with zero attached hydrogens (tertiary/aromatic N) is 3. The summed E-state index contributed by atoms with van der Waals surface area (Å²) in [5, 5.41) is 3.46. The van der Waals surface area contributed by atoms with Crippen molar-refractivity contribution < 1.29 is 9.47 Å². The van der Waals surface area contributed by atoms with Gasteiger partial charge in [-0.05, 0) is 59.4 Å². The predicted molar refractivity (Wildman–Crippen MR) is 128 cm³/mol. The molecule has 0 aromatic rings. The number of guanidine groups is 1. The van der Waals surface area contributed by atoms with Gasteiger partial charge in [0.1, 0.15) is 0 Å². The van der Waals surface area contributed by atoms with E-state index in [4.69, 9.17) is 14.5 Å². The summed E-state index contributed by atoms with van der Waals surface area (Å²) < 4.78 is 11.9. The number of hydrogen-bond donors (Lipinski definition) is 1. The summed E-state index contributed by atoms with van der Waals surface area (Å²) in [6, 6.07) is 0.615. The van der Waals surface area contributed by atoms with Crippen LogP contribution in [-0.2, 0) is 9.47 Å². The fourth-order valence-electron chi connectivity index (χ4n) is 3.69. The van der Waals surface area contributed by atoms with Gasteiger partial charge in [-0.2, -0.15) is 0 Å². The number of ether oxygens (including phenoxy) is 2. The van der Waals surface area contributed by atoms with Crippen molar-refractivity contribution >= 4 is 29.9 Å². The number of aliphatic imine (C=N–C) groups is 1. The second-order valence-corrected chi connectivity index (χ2v) is 7.98. The van der Waals surface area contributed by atoms with Crippen LogP contribution in [0.3, 0.4) is 0 Å². The Hall–Kier alpha value is -0.120. The summed E-state index contributed by atoms with van der Waals surface area (Å²) in [6.07, 6.45) is 7.65. The number of likely N-dealkylation sites (N-methyl/N-ethyl adjacent to an activating group) is 1. The molecule has 6 nitrogen and oxygen atoms in total. The Kier molecular flexibility index (Phi) is 13.7. The smallest absolute Gasteiger partial charge is 0.193 e. The molecule has 2 aliphatic heterocycles. The van der Waals surface area contributed by atoms with Crippen LogP contribution in [0.5, 0.6) is 0 Å². The molecule has 0 saturated carbocycles. The Balaban J connectivity index is 0.00000392. The minimum absolute atomic E-state index is 0. The van der Waals surface area contributed by atoms with Crippen molar-refractivity contribution in [1.82, 2.24) is 15.1 Å². The summed E-state index contributed by atoms with van der Waals surface area (Å²) in [4.78, 5) is 9.65. The average molecular weight is 511 g/mol. The van der Waals surface area contributed by atoms with Crippen LogP contribution in [0.4, 0.5) is 0 Å². The maximum Gasteiger partial charge on any atom is 0.193 e. The van der Waals surface area contributed by atoms with Crippen LogP contribution in [0.25, 0.3) is 0 Å². The number of piperidine rings is 1. The van der Waals surface area contributed by atoms with Crippen LogP contribution in [0.15, 0.2) is 4.99 Å². The molecular formula is C21H43IN4O2. The molecule has 0 aliphatic carbocycles. The lowest BCUT2D eigenvalue weighted by Crippen LogP contribution is -2.47. The molecule has 2 saturated heterocycles. The van der Waals surface area contributed by atoms with Gasteiger partial charge in [-0.15, -0.1) is 24.0 Å². The van der Waals surface area contributed by atoms with Crippen molar-refractivity contribution in [2.75, 3.05) is 53.0 Å². The Morgan fingerprint density at radius 3 is 2.61 bits per heavy atom. The lowest BCUT2D eigenvalue weighted by molar-refractivity contribution is -0.0721. The molecule has 1 N–H and O–H groups in total. The van der Waals surface area contributed by atoms with Crippen molar-refractivity contribution in [3.05, 3.63) is 0 Å². The molecule has 7 heteroatoms. The molecule has 2 rings (SSSR count). The zero-order valence-electron chi connectivity index (χ0n) is 18.5. The van der Waals surface area contributed by atoms with E-state index in [1.165, 1.54) is 19.3 Å². The van der Waals surface area contributed by atoms with Crippen LogP contribution in [0.1, 0.15) is 59.3 Å². The van der Waals surface area contributed by atoms with E-state index in [1.54, 1.807) is 0 Å². The molecule has 2 unspecified atom stereocenters. The Morgan fingerprint density at radius 1 is 1.25 bits per heavy atom. The maximum atomic E-state index is 6.14. The van der Waals surface area contributed by atoms with Gasteiger partial charge in [0.2, 0.25) is 0 Å². The first kappa shape index (κ1) is 25.9. The van der Waals surface area contributed by atoms with Gasteiger partial charge in [0.05, 0.1) is 25.4 Å². The standard InChI is InChI=1S/C21H42N4O2.HI/c1-5-18(3)24(4)15-12-23-21(22-6-2)25-13-10-19(11-14-25)27-17-20-9-7-8-16-26-20;/h18-20H,5-17H2,1-4H3,(H,22,23);1H. The van der Waals surface area contributed by atoms with E-state index >= 15 is 0 Å². The zero-order valence-corrected chi connectivity index (χ0v) is 20.8. The van der Waals surface area contributed by atoms with Crippen molar-refractivity contribution in [2.45, 2.75) is 77.5 Å². The van der Waals surface area contributed by atoms with Gasteiger partial charge in [0.25, 0.3) is 0 Å². The SMILES string of the molecule is CCNC(=NCCN(C)C(C)CC)N1CCC(OCC2CCCCO2)CC1.I. The van der Waals surface area contributed by atoms with Gasteiger partial charge in [0, 0.05) is 38.8 Å². The highest BCUT2D eigenvalue weighted by molar-refractivity contribution is 14.0. The molecular weight excluding hydrogens is 467 g/mol. The fraction of sp³-hybridized carbons (Fsp3) is 0.952. The van der Waals surface area contributed by atoms with Crippen LogP contribution >= 0.6 is 24.0 Å². The molecule has 0 bridgehead atoms. The second-order valence-electron chi connectivity index (χ2n) is 7.98. The Labute approximate surface area is 189 Å². The molecule has 0 amide bonds. The maximum absolute atomic E-state index is 6.14. The lowest BCUT2D eigenvalue weighted by Gasteiger charge is -2.35. The van der Waals surface area contributed by atoms with Crippen LogP contribution in [-0.4, -0.2) is 87.0 Å². The molecule has 2 atom stereocenters. The zero-order chi connectivity index (χ0) is 19.5. The largest absolute Gasteiger partial charge is 0.376 e. The highest BCUT2D eigenvalue weighted by Crippen LogP contribution is 2.18. The quantitative estimate of drug-likeness (QED) is 0.293. The van der Waals surface area contributed by atoms with Crippen molar-refractivity contribution in [2.24, 2.45) is 4.99 Å². The molecule has 0 aromatic heterocycles. The normalized spacial score (nSPS) is 22.8. The number of nitrogens with one attached hydrogen (secondary N) is 1. The van der Waals surface area contributed by atoms with E-state index in [0.717, 1.165) is 71.2 Å². The fourth-order valence-corrected chi connectivity index (χ4v) is 3.69. The Bertz CT molecular complexity index is 425. The van der Waals surface area contributed by atoms with Gasteiger partial charge in [-0.3, -0.25) is 4.99 Å². The molecule has 2 fully saturated rings. The average Bonchev–Trinajstić information content (AvgIpc) is 2.72.